The van der Waals surface area contributed by atoms with Crippen molar-refractivity contribution >= 4 is 39.1 Å². The highest BCUT2D eigenvalue weighted by Crippen LogP contribution is 2.32. The highest BCUT2D eigenvalue weighted by molar-refractivity contribution is 9.10. The van der Waals surface area contributed by atoms with Crippen molar-refractivity contribution in [2.75, 3.05) is 18.5 Å². The van der Waals surface area contributed by atoms with Gasteiger partial charge >= 0.3 is 0 Å². The van der Waals surface area contributed by atoms with Crippen molar-refractivity contribution in [2.45, 2.75) is 0 Å². The van der Waals surface area contributed by atoms with Crippen LogP contribution in [0.5, 0.6) is 11.5 Å². The number of benzene rings is 2. The van der Waals surface area contributed by atoms with Crippen LogP contribution in [0.15, 0.2) is 40.9 Å². The van der Waals surface area contributed by atoms with Gasteiger partial charge in [0, 0.05) is 26.8 Å². The lowest BCUT2D eigenvalue weighted by molar-refractivity contribution is 0.102. The minimum Gasteiger partial charge on any atom is -0.486 e. The molecule has 6 heteroatoms. The summed E-state index contributed by atoms with van der Waals surface area (Å²) in [5.41, 5.74) is 1.12. The lowest BCUT2D eigenvalue weighted by Crippen LogP contribution is -2.16. The Kier molecular flexibility index (Phi) is 4.03. The fraction of sp³-hybridized carbons (Fsp3) is 0.133. The highest BCUT2D eigenvalue weighted by atomic mass is 79.9. The van der Waals surface area contributed by atoms with Crippen molar-refractivity contribution in [3.8, 4) is 11.5 Å². The molecule has 3 rings (SSSR count). The number of nitrogens with one attached hydrogen (secondary N) is 1. The maximum atomic E-state index is 12.2. The van der Waals surface area contributed by atoms with Crippen molar-refractivity contribution in [3.63, 3.8) is 0 Å². The molecule has 0 bridgehead atoms. The Morgan fingerprint density at radius 3 is 2.62 bits per heavy atom. The smallest absolute Gasteiger partial charge is 0.255 e. The van der Waals surface area contributed by atoms with Crippen LogP contribution in [0.25, 0.3) is 0 Å². The normalized spacial score (nSPS) is 12.9. The Morgan fingerprint density at radius 1 is 1.10 bits per heavy atom. The van der Waals surface area contributed by atoms with Gasteiger partial charge < -0.3 is 14.8 Å². The van der Waals surface area contributed by atoms with E-state index in [9.17, 15) is 4.79 Å². The summed E-state index contributed by atoms with van der Waals surface area (Å²) in [6.45, 7) is 1.04. The molecule has 0 spiro atoms. The molecule has 0 aromatic heterocycles. The van der Waals surface area contributed by atoms with Crippen LogP contribution in [0.4, 0.5) is 5.69 Å². The molecule has 108 valence electrons. The van der Waals surface area contributed by atoms with E-state index < -0.39 is 0 Å². The predicted octanol–water partition coefficient (Wildman–Crippen LogP) is 4.13. The standard InChI is InChI=1S/C15H11BrClNO3/c16-10-5-9(6-11(17)7-10)15(19)18-12-1-2-13-14(8-12)21-4-3-20-13/h1-2,5-8H,3-4H2,(H,18,19). The van der Waals surface area contributed by atoms with Gasteiger partial charge in [-0.3, -0.25) is 4.79 Å². The summed E-state index contributed by atoms with van der Waals surface area (Å²) in [4.78, 5) is 12.2. The zero-order chi connectivity index (χ0) is 14.8. The summed E-state index contributed by atoms with van der Waals surface area (Å²) in [7, 11) is 0. The maximum Gasteiger partial charge on any atom is 0.255 e. The molecule has 4 nitrogen and oxygen atoms in total. The SMILES string of the molecule is O=C(Nc1ccc2c(c1)OCCO2)c1cc(Cl)cc(Br)c1. The number of fused-ring (bicyclic) bond motifs is 1. The molecule has 0 atom stereocenters. The van der Waals surface area contributed by atoms with Gasteiger partial charge in [0.2, 0.25) is 0 Å². The molecule has 21 heavy (non-hydrogen) atoms. The Labute approximate surface area is 135 Å². The van der Waals surface area contributed by atoms with Gasteiger partial charge in [-0.1, -0.05) is 27.5 Å². The number of hydrogen-bond acceptors (Lipinski definition) is 3. The quantitative estimate of drug-likeness (QED) is 0.867. The Hall–Kier alpha value is -1.72. The third-order valence-corrected chi connectivity index (χ3v) is 3.60. The van der Waals surface area contributed by atoms with Crippen LogP contribution in [0.3, 0.4) is 0 Å². The molecule has 1 aliphatic heterocycles. The molecule has 1 aliphatic rings. The third-order valence-electron chi connectivity index (χ3n) is 2.92. The van der Waals surface area contributed by atoms with Crippen molar-refractivity contribution in [1.82, 2.24) is 0 Å². The molecule has 0 radical (unpaired) electrons. The minimum absolute atomic E-state index is 0.241. The van der Waals surface area contributed by atoms with Gasteiger partial charge in [-0.25, -0.2) is 0 Å². The van der Waals surface area contributed by atoms with E-state index in [1.54, 1.807) is 36.4 Å². The zero-order valence-corrected chi connectivity index (χ0v) is 13.2. The molecule has 0 fully saturated rings. The Bertz CT molecular complexity index is 685. The number of amides is 1. The van der Waals surface area contributed by atoms with Crippen LogP contribution >= 0.6 is 27.5 Å². The van der Waals surface area contributed by atoms with Crippen LogP contribution < -0.4 is 14.8 Å². The van der Waals surface area contributed by atoms with Crippen LogP contribution in [0.2, 0.25) is 5.02 Å². The lowest BCUT2D eigenvalue weighted by Gasteiger charge is -2.19. The van der Waals surface area contributed by atoms with Gasteiger partial charge in [0.05, 0.1) is 0 Å². The summed E-state index contributed by atoms with van der Waals surface area (Å²) in [5, 5.41) is 3.31. The first-order chi connectivity index (χ1) is 10.1. The van der Waals surface area contributed by atoms with Gasteiger partial charge in [0.1, 0.15) is 13.2 Å². The summed E-state index contributed by atoms with van der Waals surface area (Å²) in [6, 6.07) is 10.3. The molecule has 0 unspecified atom stereocenters. The van der Waals surface area contributed by atoms with E-state index in [-0.39, 0.29) is 5.91 Å². The zero-order valence-electron chi connectivity index (χ0n) is 10.9. The summed E-state index contributed by atoms with van der Waals surface area (Å²) >= 11 is 9.26. The second kappa shape index (κ2) is 5.95. The van der Waals surface area contributed by atoms with E-state index in [0.29, 0.717) is 41.0 Å². The first kappa shape index (κ1) is 14.2. The third kappa shape index (κ3) is 3.31. The number of anilines is 1. The summed E-state index contributed by atoms with van der Waals surface area (Å²) < 4.78 is 11.7. The van der Waals surface area contributed by atoms with Gasteiger partial charge in [0.15, 0.2) is 11.5 Å². The number of halogens is 2. The van der Waals surface area contributed by atoms with Crippen LogP contribution in [0.1, 0.15) is 10.4 Å². The minimum atomic E-state index is -0.241. The predicted molar refractivity (Wildman–Crippen MR) is 84.5 cm³/mol. The number of rotatable bonds is 2. The molecule has 0 saturated heterocycles. The topological polar surface area (TPSA) is 47.6 Å². The molecule has 1 amide bonds. The van der Waals surface area contributed by atoms with Crippen LogP contribution in [-0.2, 0) is 0 Å². The van der Waals surface area contributed by atoms with Crippen molar-refractivity contribution < 1.29 is 14.3 Å². The van der Waals surface area contributed by atoms with Crippen LogP contribution in [-0.4, -0.2) is 19.1 Å². The van der Waals surface area contributed by atoms with E-state index in [1.807, 2.05) is 0 Å². The molecule has 1 N–H and O–H groups in total. The van der Waals surface area contributed by atoms with Gasteiger partial charge in [-0.2, -0.15) is 0 Å². The molecular formula is C15H11BrClNO3. The number of ether oxygens (including phenoxy) is 2. The number of carbonyl (C=O) groups is 1. The average molecular weight is 369 g/mol. The van der Waals surface area contributed by atoms with Crippen molar-refractivity contribution in [2.24, 2.45) is 0 Å². The van der Waals surface area contributed by atoms with Crippen molar-refractivity contribution in [1.29, 1.82) is 0 Å². The van der Waals surface area contributed by atoms with Crippen molar-refractivity contribution in [3.05, 3.63) is 51.5 Å². The molecule has 0 saturated carbocycles. The number of hydrogen-bond donors (Lipinski definition) is 1. The van der Waals surface area contributed by atoms with Crippen LogP contribution in [0, 0.1) is 0 Å². The van der Waals surface area contributed by atoms with E-state index >= 15 is 0 Å². The highest BCUT2D eigenvalue weighted by Gasteiger charge is 2.14. The fourth-order valence-electron chi connectivity index (χ4n) is 2.01. The maximum absolute atomic E-state index is 12.2. The lowest BCUT2D eigenvalue weighted by atomic mass is 10.2. The molecular weight excluding hydrogens is 358 g/mol. The largest absolute Gasteiger partial charge is 0.486 e. The number of carbonyl (C=O) groups excluding carboxylic acids is 1. The molecule has 2 aromatic carbocycles. The average Bonchev–Trinajstić information content (AvgIpc) is 2.46. The Balaban J connectivity index is 1.81. The second-order valence-electron chi connectivity index (χ2n) is 4.47. The summed E-state index contributed by atoms with van der Waals surface area (Å²) in [5.74, 6) is 1.07. The monoisotopic (exact) mass is 367 g/mol. The first-order valence-corrected chi connectivity index (χ1v) is 7.46. The Morgan fingerprint density at radius 2 is 1.86 bits per heavy atom. The molecule has 1 heterocycles. The van der Waals surface area contributed by atoms with E-state index in [1.165, 1.54) is 0 Å². The second-order valence-corrected chi connectivity index (χ2v) is 5.82. The van der Waals surface area contributed by atoms with E-state index in [4.69, 9.17) is 21.1 Å². The van der Waals surface area contributed by atoms with Gasteiger partial charge in [-0.15, -0.1) is 0 Å². The van der Waals surface area contributed by atoms with Gasteiger partial charge in [0.25, 0.3) is 5.91 Å². The molecule has 2 aromatic rings. The van der Waals surface area contributed by atoms with Gasteiger partial charge in [-0.05, 0) is 30.3 Å². The van der Waals surface area contributed by atoms with E-state index in [0.717, 1.165) is 4.47 Å². The fourth-order valence-corrected chi connectivity index (χ4v) is 2.87. The first-order valence-electron chi connectivity index (χ1n) is 6.29. The molecule has 0 aliphatic carbocycles. The summed E-state index contributed by atoms with van der Waals surface area (Å²) in [6.07, 6.45) is 0. The van der Waals surface area contributed by atoms with E-state index in [2.05, 4.69) is 21.2 Å².